The first-order chi connectivity index (χ1) is 19.4. The number of likely N-dealkylation sites (tertiary alicyclic amines) is 1. The van der Waals surface area contributed by atoms with Crippen molar-refractivity contribution in [1.29, 1.82) is 0 Å². The van der Waals surface area contributed by atoms with Crippen molar-refractivity contribution < 1.29 is 22.0 Å². The van der Waals surface area contributed by atoms with E-state index in [2.05, 4.69) is 10.2 Å². The Hall–Kier alpha value is -3.54. The minimum absolute atomic E-state index is 0.0350. The van der Waals surface area contributed by atoms with Crippen molar-refractivity contribution in [3.05, 3.63) is 82.1 Å². The standard InChI is InChI=1S/C29H31F5N6O/c1-18-13-38(10-9-28(18,30)31)14-19-11-23(29(32,33)34)24-16-39(27(41)40(24)15-19)22-8-4-7-21(12-22)25(20-5-3-6-20)26-36-35-17-37(26)2/h4,7-8,11-12,15-18,20,25H,3,5-6,9-10,13-14H2,1-2H3/t18?,25-/m1/s1. The lowest BCUT2D eigenvalue weighted by Gasteiger charge is -2.36. The van der Waals surface area contributed by atoms with E-state index >= 15 is 0 Å². The second-order valence-electron chi connectivity index (χ2n) is 11.5. The zero-order chi connectivity index (χ0) is 29.1. The first-order valence-corrected chi connectivity index (χ1v) is 13.8. The van der Waals surface area contributed by atoms with E-state index < -0.39 is 29.3 Å². The molecule has 41 heavy (non-hydrogen) atoms. The van der Waals surface area contributed by atoms with Crippen LogP contribution in [0.3, 0.4) is 0 Å². The minimum atomic E-state index is -4.72. The number of benzene rings is 1. The van der Waals surface area contributed by atoms with Crippen LogP contribution in [0.25, 0.3) is 11.2 Å². The zero-order valence-electron chi connectivity index (χ0n) is 22.8. The Morgan fingerprint density at radius 1 is 1.15 bits per heavy atom. The molecule has 2 aliphatic rings. The highest BCUT2D eigenvalue weighted by atomic mass is 19.4. The molecule has 0 N–H and O–H groups in total. The van der Waals surface area contributed by atoms with Gasteiger partial charge in [0.1, 0.15) is 12.2 Å². The summed E-state index contributed by atoms with van der Waals surface area (Å²) >= 11 is 0. The molecule has 1 aliphatic heterocycles. The Kier molecular flexibility index (Phi) is 6.79. The molecule has 2 fully saturated rings. The van der Waals surface area contributed by atoms with E-state index in [1.807, 2.05) is 23.7 Å². The number of hydrogen-bond donors (Lipinski definition) is 0. The number of alkyl halides is 5. The van der Waals surface area contributed by atoms with E-state index in [0.717, 1.165) is 41.1 Å². The number of aromatic nitrogens is 5. The predicted octanol–water partition coefficient (Wildman–Crippen LogP) is 5.65. The van der Waals surface area contributed by atoms with Gasteiger partial charge in [0.05, 0.1) is 16.8 Å². The van der Waals surface area contributed by atoms with Crippen molar-refractivity contribution in [3.63, 3.8) is 0 Å². The summed E-state index contributed by atoms with van der Waals surface area (Å²) in [7, 11) is 1.88. The summed E-state index contributed by atoms with van der Waals surface area (Å²) in [4.78, 5) is 15.3. The Labute approximate surface area is 233 Å². The van der Waals surface area contributed by atoms with E-state index in [1.54, 1.807) is 23.4 Å². The third-order valence-electron chi connectivity index (χ3n) is 8.70. The highest BCUT2D eigenvalue weighted by Crippen LogP contribution is 2.43. The third kappa shape index (κ3) is 5.06. The van der Waals surface area contributed by atoms with Crippen molar-refractivity contribution in [3.8, 4) is 5.69 Å². The van der Waals surface area contributed by atoms with Gasteiger partial charge in [-0.2, -0.15) is 13.2 Å². The maximum Gasteiger partial charge on any atom is 0.418 e. The van der Waals surface area contributed by atoms with Crippen LogP contribution >= 0.6 is 0 Å². The second-order valence-corrected chi connectivity index (χ2v) is 11.5. The van der Waals surface area contributed by atoms with Gasteiger partial charge in [0, 0.05) is 57.3 Å². The van der Waals surface area contributed by atoms with Gasteiger partial charge in [0.15, 0.2) is 0 Å². The fraction of sp³-hybridized carbons (Fsp3) is 0.483. The molecular formula is C29H31F5N6O. The molecule has 1 saturated heterocycles. The van der Waals surface area contributed by atoms with Gasteiger partial charge in [0.25, 0.3) is 5.92 Å². The molecule has 0 amide bonds. The normalized spacial score (nSPS) is 20.8. The monoisotopic (exact) mass is 574 g/mol. The highest BCUT2D eigenvalue weighted by Gasteiger charge is 2.41. The molecule has 1 saturated carbocycles. The molecule has 7 nitrogen and oxygen atoms in total. The largest absolute Gasteiger partial charge is 0.418 e. The first-order valence-electron chi connectivity index (χ1n) is 13.8. The summed E-state index contributed by atoms with van der Waals surface area (Å²) in [5.41, 5.74) is -0.240. The zero-order valence-corrected chi connectivity index (χ0v) is 22.8. The van der Waals surface area contributed by atoms with Gasteiger partial charge in [-0.1, -0.05) is 25.5 Å². The molecule has 4 aromatic rings. The van der Waals surface area contributed by atoms with Gasteiger partial charge in [-0.25, -0.2) is 13.6 Å². The van der Waals surface area contributed by atoms with Gasteiger partial charge in [-0.15, -0.1) is 10.2 Å². The fourth-order valence-corrected chi connectivity index (χ4v) is 6.16. The summed E-state index contributed by atoms with van der Waals surface area (Å²) < 4.78 is 74.7. The van der Waals surface area contributed by atoms with E-state index in [4.69, 9.17) is 0 Å². The van der Waals surface area contributed by atoms with Gasteiger partial charge in [-0.05, 0) is 48.1 Å². The number of aryl methyl sites for hydroxylation is 1. The molecular weight excluding hydrogens is 543 g/mol. The smallest absolute Gasteiger partial charge is 0.320 e. The Morgan fingerprint density at radius 2 is 1.93 bits per heavy atom. The summed E-state index contributed by atoms with van der Waals surface area (Å²) in [5, 5.41) is 8.36. The van der Waals surface area contributed by atoms with Crippen LogP contribution in [0.15, 0.2) is 53.8 Å². The van der Waals surface area contributed by atoms with Crippen molar-refractivity contribution in [1.82, 2.24) is 28.6 Å². The van der Waals surface area contributed by atoms with E-state index in [-0.39, 0.29) is 43.1 Å². The van der Waals surface area contributed by atoms with Crippen molar-refractivity contribution in [2.45, 2.75) is 57.2 Å². The van der Waals surface area contributed by atoms with Crippen LogP contribution in [0.4, 0.5) is 22.0 Å². The number of piperidine rings is 1. The fourth-order valence-electron chi connectivity index (χ4n) is 6.16. The number of nitrogens with zero attached hydrogens (tertiary/aromatic N) is 6. The SMILES string of the molecule is CC1CN(Cc2cc(C(F)(F)F)c3cn(-c4cccc([C@H](c5nncn5C)C5CCC5)c4)c(=O)n3c2)CCC1(F)F. The van der Waals surface area contributed by atoms with Crippen LogP contribution in [0.1, 0.15) is 61.0 Å². The lowest BCUT2D eigenvalue weighted by atomic mass is 9.72. The van der Waals surface area contributed by atoms with Crippen LogP contribution < -0.4 is 5.69 Å². The lowest BCUT2D eigenvalue weighted by Crippen LogP contribution is -2.45. The molecule has 0 spiro atoms. The van der Waals surface area contributed by atoms with Crippen LogP contribution in [0.2, 0.25) is 0 Å². The number of halogens is 5. The van der Waals surface area contributed by atoms with Gasteiger partial charge in [-0.3, -0.25) is 13.9 Å². The maximum absolute atomic E-state index is 14.2. The van der Waals surface area contributed by atoms with E-state index in [1.165, 1.54) is 23.9 Å². The van der Waals surface area contributed by atoms with Crippen LogP contribution in [-0.4, -0.2) is 47.6 Å². The number of pyridine rings is 1. The topological polar surface area (TPSA) is 60.4 Å². The average Bonchev–Trinajstić information content (AvgIpc) is 3.45. The molecule has 1 unspecified atom stereocenters. The molecule has 1 aliphatic carbocycles. The molecule has 4 heterocycles. The second kappa shape index (κ2) is 10.1. The number of rotatable bonds is 6. The van der Waals surface area contributed by atoms with Crippen molar-refractivity contribution >= 4 is 5.52 Å². The predicted molar refractivity (Wildman–Crippen MR) is 142 cm³/mol. The lowest BCUT2D eigenvalue weighted by molar-refractivity contribution is -0.136. The quantitative estimate of drug-likeness (QED) is 0.280. The number of imidazole rings is 1. The Bertz CT molecular complexity index is 1630. The molecule has 0 bridgehead atoms. The van der Waals surface area contributed by atoms with E-state index in [0.29, 0.717) is 11.6 Å². The highest BCUT2D eigenvalue weighted by molar-refractivity contribution is 5.58. The average molecular weight is 575 g/mol. The molecule has 12 heteroatoms. The molecule has 218 valence electrons. The van der Waals surface area contributed by atoms with Crippen molar-refractivity contribution in [2.75, 3.05) is 13.1 Å². The number of fused-ring (bicyclic) bond motifs is 1. The number of hydrogen-bond acceptors (Lipinski definition) is 4. The van der Waals surface area contributed by atoms with E-state index in [9.17, 15) is 26.7 Å². The van der Waals surface area contributed by atoms with Crippen LogP contribution in [0, 0.1) is 11.8 Å². The first kappa shape index (κ1) is 27.6. The molecule has 0 radical (unpaired) electrons. The third-order valence-corrected chi connectivity index (χ3v) is 8.70. The Balaban J connectivity index is 1.40. The van der Waals surface area contributed by atoms with Crippen LogP contribution in [0.5, 0.6) is 0 Å². The Morgan fingerprint density at radius 3 is 2.56 bits per heavy atom. The summed E-state index contributed by atoms with van der Waals surface area (Å²) in [6.45, 7) is 1.60. The van der Waals surface area contributed by atoms with Gasteiger partial charge >= 0.3 is 11.9 Å². The summed E-state index contributed by atoms with van der Waals surface area (Å²) in [6, 6.07) is 8.30. The van der Waals surface area contributed by atoms with Crippen LogP contribution in [-0.2, 0) is 19.8 Å². The van der Waals surface area contributed by atoms with Gasteiger partial charge < -0.3 is 4.57 Å². The summed E-state index contributed by atoms with van der Waals surface area (Å²) in [6.07, 6.45) is 2.36. The molecule has 3 aromatic heterocycles. The van der Waals surface area contributed by atoms with Crippen molar-refractivity contribution in [2.24, 2.45) is 18.9 Å². The molecule has 1 aromatic carbocycles. The molecule has 6 rings (SSSR count). The molecule has 2 atom stereocenters. The van der Waals surface area contributed by atoms with Gasteiger partial charge in [0.2, 0.25) is 0 Å². The summed E-state index contributed by atoms with van der Waals surface area (Å²) in [5.74, 6) is -2.61. The minimum Gasteiger partial charge on any atom is -0.320 e. The maximum atomic E-state index is 14.2.